The summed E-state index contributed by atoms with van der Waals surface area (Å²) in [5.74, 6) is -2.20. The molecule has 8 nitrogen and oxygen atoms in total. The van der Waals surface area contributed by atoms with Crippen molar-refractivity contribution in [2.24, 2.45) is 0 Å². The number of benzene rings is 1. The molecule has 173 valence electrons. The predicted octanol–water partition coefficient (Wildman–Crippen LogP) is 3.10. The number of likely N-dealkylation sites (tertiary alicyclic amines) is 2. The Morgan fingerprint density at radius 2 is 1.82 bits per heavy atom. The Kier molecular flexibility index (Phi) is 5.09. The van der Waals surface area contributed by atoms with Crippen LogP contribution in [0.25, 0.3) is 22.3 Å². The number of halogens is 2. The summed E-state index contributed by atoms with van der Waals surface area (Å²) in [4.78, 5) is 28.3. The number of carbonyl (C=O) groups excluding carboxylic acids is 1. The first kappa shape index (κ1) is 20.9. The molecular formula is C24H22F2N7O. The maximum Gasteiger partial charge on any atom is 0.259 e. The quantitative estimate of drug-likeness (QED) is 0.504. The second-order valence-electron chi connectivity index (χ2n) is 8.73. The van der Waals surface area contributed by atoms with Crippen LogP contribution in [0.1, 0.15) is 23.2 Å². The fourth-order valence-corrected chi connectivity index (χ4v) is 4.84. The van der Waals surface area contributed by atoms with Crippen LogP contribution in [-0.4, -0.2) is 72.7 Å². The first-order chi connectivity index (χ1) is 16.6. The molecule has 2 fully saturated rings. The highest BCUT2D eigenvalue weighted by Crippen LogP contribution is 2.30. The highest BCUT2D eigenvalue weighted by molar-refractivity contribution is 5.95. The van der Waals surface area contributed by atoms with Gasteiger partial charge in [0.05, 0.1) is 11.9 Å². The number of hydrogen-bond acceptors (Lipinski definition) is 5. The lowest BCUT2D eigenvalue weighted by molar-refractivity contribution is 0.0508. The standard InChI is InChI=1S/C24H22F2N7O/c25-19-2-1-3-20(26)21(19)24(34)31-8-5-16(6-9-31)32-12-17(13-32)33-11-15(10-30-33)22-18-4-7-27-23(18)29-14-28-22/h1-4,7,10-11,14,16H,5-6,8-9,12-13H2,(H,27,28,29). The lowest BCUT2D eigenvalue weighted by atomic mass is 9.97. The SMILES string of the molecule is O=C(c1c(F)cccc1F)N1CCC(N2C[C](n3cc(-c4ncnc5[nH]ccc45)cn3)C2)CC1. The van der Waals surface area contributed by atoms with Gasteiger partial charge < -0.3 is 9.88 Å². The minimum absolute atomic E-state index is 0.328. The van der Waals surface area contributed by atoms with Crippen molar-refractivity contribution in [1.82, 2.24) is 34.5 Å². The molecule has 2 saturated heterocycles. The molecule has 1 aromatic carbocycles. The maximum absolute atomic E-state index is 14.0. The summed E-state index contributed by atoms with van der Waals surface area (Å²) in [5, 5.41) is 5.49. The summed E-state index contributed by atoms with van der Waals surface area (Å²) in [6.07, 6.45) is 8.73. The molecule has 34 heavy (non-hydrogen) atoms. The number of rotatable bonds is 4. The molecule has 3 aromatic heterocycles. The highest BCUT2D eigenvalue weighted by atomic mass is 19.1. The Morgan fingerprint density at radius 3 is 2.59 bits per heavy atom. The van der Waals surface area contributed by atoms with E-state index in [0.29, 0.717) is 19.1 Å². The molecule has 0 bridgehead atoms. The Labute approximate surface area is 194 Å². The molecule has 0 aliphatic carbocycles. The van der Waals surface area contributed by atoms with Crippen molar-refractivity contribution in [2.45, 2.75) is 18.9 Å². The van der Waals surface area contributed by atoms with Crippen LogP contribution in [0.4, 0.5) is 8.78 Å². The fraction of sp³-hybridized carbons (Fsp3) is 0.292. The molecule has 1 amide bonds. The van der Waals surface area contributed by atoms with Gasteiger partial charge in [-0.05, 0) is 31.0 Å². The molecule has 4 aromatic rings. The van der Waals surface area contributed by atoms with Crippen LogP contribution < -0.4 is 0 Å². The van der Waals surface area contributed by atoms with E-state index in [0.717, 1.165) is 60.4 Å². The third-order valence-corrected chi connectivity index (χ3v) is 6.75. The smallest absolute Gasteiger partial charge is 0.259 e. The van der Waals surface area contributed by atoms with Crippen molar-refractivity contribution in [2.75, 3.05) is 26.2 Å². The van der Waals surface area contributed by atoms with Crippen LogP contribution in [0.15, 0.2) is 49.2 Å². The van der Waals surface area contributed by atoms with Gasteiger partial charge in [0.1, 0.15) is 35.2 Å². The number of nitrogens with one attached hydrogen (secondary N) is 1. The number of aromatic amines is 1. The largest absolute Gasteiger partial charge is 0.346 e. The van der Waals surface area contributed by atoms with Gasteiger partial charge in [-0.1, -0.05) is 6.07 Å². The van der Waals surface area contributed by atoms with Gasteiger partial charge in [0.15, 0.2) is 0 Å². The normalized spacial score (nSPS) is 17.9. The van der Waals surface area contributed by atoms with Crippen molar-refractivity contribution in [3.05, 3.63) is 72.4 Å². The number of H-pyrrole nitrogens is 1. The summed E-state index contributed by atoms with van der Waals surface area (Å²) >= 11 is 0. The molecule has 2 aliphatic heterocycles. The first-order valence-corrected chi connectivity index (χ1v) is 11.2. The van der Waals surface area contributed by atoms with E-state index < -0.39 is 23.1 Å². The molecule has 2 aliphatic rings. The van der Waals surface area contributed by atoms with Crippen LogP contribution in [0.3, 0.4) is 0 Å². The topological polar surface area (TPSA) is 82.9 Å². The van der Waals surface area contributed by atoms with E-state index in [1.54, 1.807) is 11.2 Å². The van der Waals surface area contributed by atoms with E-state index >= 15 is 0 Å². The average Bonchev–Trinajstić information content (AvgIpc) is 3.48. The summed E-state index contributed by atoms with van der Waals surface area (Å²) in [7, 11) is 0. The summed E-state index contributed by atoms with van der Waals surface area (Å²) < 4.78 is 29.9. The van der Waals surface area contributed by atoms with Crippen LogP contribution >= 0.6 is 0 Å². The van der Waals surface area contributed by atoms with Gasteiger partial charge in [-0.25, -0.2) is 18.7 Å². The van der Waals surface area contributed by atoms with Crippen LogP contribution in [0.2, 0.25) is 0 Å². The molecule has 0 spiro atoms. The van der Waals surface area contributed by atoms with Gasteiger partial charge in [-0.15, -0.1) is 0 Å². The highest BCUT2D eigenvalue weighted by Gasteiger charge is 2.37. The van der Waals surface area contributed by atoms with Gasteiger partial charge in [-0.3, -0.25) is 14.4 Å². The summed E-state index contributed by atoms with van der Waals surface area (Å²) in [6, 6.07) is 6.98. The van der Waals surface area contributed by atoms with Gasteiger partial charge in [-0.2, -0.15) is 5.10 Å². The summed E-state index contributed by atoms with van der Waals surface area (Å²) in [6.45, 7) is 2.56. The van der Waals surface area contributed by atoms with E-state index in [2.05, 4.69) is 25.0 Å². The first-order valence-electron chi connectivity index (χ1n) is 11.2. The molecule has 0 saturated carbocycles. The number of amides is 1. The minimum Gasteiger partial charge on any atom is -0.346 e. The van der Waals surface area contributed by atoms with E-state index in [4.69, 9.17) is 0 Å². The van der Waals surface area contributed by atoms with Crippen molar-refractivity contribution in [1.29, 1.82) is 0 Å². The van der Waals surface area contributed by atoms with Gasteiger partial charge in [0.2, 0.25) is 0 Å². The minimum atomic E-state index is -0.813. The van der Waals surface area contributed by atoms with Crippen LogP contribution in [0.5, 0.6) is 0 Å². The zero-order valence-corrected chi connectivity index (χ0v) is 18.3. The number of hydrogen-bond donors (Lipinski definition) is 1. The Balaban J connectivity index is 1.06. The Morgan fingerprint density at radius 1 is 1.06 bits per heavy atom. The van der Waals surface area contributed by atoms with Crippen molar-refractivity contribution in [3.8, 4) is 11.3 Å². The average molecular weight is 462 g/mol. The molecule has 5 heterocycles. The Hall–Kier alpha value is -3.66. The summed E-state index contributed by atoms with van der Waals surface area (Å²) in [5.41, 5.74) is 2.11. The van der Waals surface area contributed by atoms with E-state index in [1.165, 1.54) is 12.1 Å². The predicted molar refractivity (Wildman–Crippen MR) is 121 cm³/mol. The van der Waals surface area contributed by atoms with E-state index in [1.807, 2.05) is 29.3 Å². The van der Waals surface area contributed by atoms with Gasteiger partial charge in [0.25, 0.3) is 5.91 Å². The second kappa shape index (κ2) is 8.28. The molecule has 0 atom stereocenters. The number of fused-ring (bicyclic) bond motifs is 1. The van der Waals surface area contributed by atoms with Crippen molar-refractivity contribution >= 4 is 16.9 Å². The number of piperidine rings is 1. The van der Waals surface area contributed by atoms with Crippen LogP contribution in [0, 0.1) is 17.7 Å². The molecular weight excluding hydrogens is 440 g/mol. The van der Waals surface area contributed by atoms with E-state index in [9.17, 15) is 13.6 Å². The van der Waals surface area contributed by atoms with Crippen molar-refractivity contribution < 1.29 is 13.6 Å². The van der Waals surface area contributed by atoms with Crippen molar-refractivity contribution in [3.63, 3.8) is 0 Å². The Bertz CT molecular complexity index is 1330. The third-order valence-electron chi connectivity index (χ3n) is 6.75. The molecule has 1 N–H and O–H groups in total. The van der Waals surface area contributed by atoms with Gasteiger partial charge >= 0.3 is 0 Å². The molecule has 10 heteroatoms. The zero-order valence-electron chi connectivity index (χ0n) is 18.3. The number of aromatic nitrogens is 5. The third kappa shape index (κ3) is 3.54. The van der Waals surface area contributed by atoms with E-state index in [-0.39, 0.29) is 0 Å². The monoisotopic (exact) mass is 462 g/mol. The number of carbonyl (C=O) groups is 1. The van der Waals surface area contributed by atoms with Crippen LogP contribution in [-0.2, 0) is 0 Å². The molecule has 6 rings (SSSR count). The zero-order chi connectivity index (χ0) is 23.2. The maximum atomic E-state index is 14.0. The molecule has 0 unspecified atom stereocenters. The second-order valence-corrected chi connectivity index (χ2v) is 8.73. The lowest BCUT2D eigenvalue weighted by Gasteiger charge is -2.46. The molecule has 1 radical (unpaired) electrons. The number of nitrogens with zero attached hydrogens (tertiary/aromatic N) is 6. The fourth-order valence-electron chi connectivity index (χ4n) is 4.84. The lowest BCUT2D eigenvalue weighted by Crippen LogP contribution is -2.56. The van der Waals surface area contributed by atoms with Gasteiger partial charge in [0, 0.05) is 55.6 Å².